The Bertz CT molecular complexity index is 775. The van der Waals surface area contributed by atoms with E-state index in [9.17, 15) is 4.79 Å². The maximum Gasteiger partial charge on any atom is 0.234 e. The molecule has 24 heavy (non-hydrogen) atoms. The zero-order valence-corrected chi connectivity index (χ0v) is 15.6. The molecule has 1 atom stereocenters. The number of carbonyl (C=O) groups is 1. The van der Waals surface area contributed by atoms with Crippen LogP contribution in [0.4, 0.5) is 5.69 Å². The largest absolute Gasteiger partial charge is 0.493 e. The second kappa shape index (κ2) is 6.85. The van der Waals surface area contributed by atoms with Crippen molar-refractivity contribution in [3.8, 4) is 11.5 Å². The molecule has 0 saturated carbocycles. The highest BCUT2D eigenvalue weighted by Gasteiger charge is 2.35. The second-order valence-electron chi connectivity index (χ2n) is 5.74. The van der Waals surface area contributed by atoms with Crippen molar-refractivity contribution in [3.05, 3.63) is 52.0 Å². The Morgan fingerprint density at radius 1 is 1.21 bits per heavy atom. The fourth-order valence-electron chi connectivity index (χ4n) is 3.15. The highest BCUT2D eigenvalue weighted by atomic mass is 79.9. The molecule has 4 nitrogen and oxygen atoms in total. The number of ether oxygens (including phenoxy) is 2. The number of fused-ring (bicyclic) bond motifs is 1. The van der Waals surface area contributed by atoms with E-state index in [0.29, 0.717) is 24.5 Å². The van der Waals surface area contributed by atoms with E-state index < -0.39 is 0 Å². The smallest absolute Gasteiger partial charge is 0.234 e. The quantitative estimate of drug-likeness (QED) is 0.770. The van der Waals surface area contributed by atoms with Crippen LogP contribution in [0.2, 0.25) is 0 Å². The number of rotatable bonds is 5. The molecule has 0 saturated heterocycles. The monoisotopic (exact) mass is 389 g/mol. The molecule has 0 radical (unpaired) electrons. The molecule has 5 heteroatoms. The number of methoxy groups -OCH3 is 1. The molecular weight excluding hydrogens is 370 g/mol. The topological polar surface area (TPSA) is 38.8 Å². The first-order valence-electron chi connectivity index (χ1n) is 7.92. The Morgan fingerprint density at radius 2 is 1.96 bits per heavy atom. The number of nitrogens with zero attached hydrogens (tertiary/aromatic N) is 1. The van der Waals surface area contributed by atoms with Crippen LogP contribution in [0.3, 0.4) is 0 Å². The Balaban J connectivity index is 1.97. The molecule has 0 fully saturated rings. The van der Waals surface area contributed by atoms with E-state index in [1.165, 1.54) is 0 Å². The van der Waals surface area contributed by atoms with Gasteiger partial charge in [0.1, 0.15) is 0 Å². The first-order chi connectivity index (χ1) is 11.6. The number of para-hydroxylation sites is 1. The molecule has 1 unspecified atom stereocenters. The summed E-state index contributed by atoms with van der Waals surface area (Å²) in [6.07, 6.45) is 0.616. The van der Waals surface area contributed by atoms with Crippen LogP contribution >= 0.6 is 15.9 Å². The summed E-state index contributed by atoms with van der Waals surface area (Å²) < 4.78 is 12.0. The molecule has 126 valence electrons. The van der Waals surface area contributed by atoms with E-state index in [1.807, 2.05) is 50.4 Å². The van der Waals surface area contributed by atoms with E-state index in [4.69, 9.17) is 9.47 Å². The third-order valence-corrected chi connectivity index (χ3v) is 5.10. The Kier molecular flexibility index (Phi) is 4.81. The van der Waals surface area contributed by atoms with Gasteiger partial charge in [-0.2, -0.15) is 0 Å². The minimum atomic E-state index is -0.176. The highest BCUT2D eigenvalue weighted by Crippen LogP contribution is 2.41. The van der Waals surface area contributed by atoms with E-state index in [-0.39, 0.29) is 11.8 Å². The van der Waals surface area contributed by atoms with Crippen molar-refractivity contribution in [2.24, 2.45) is 0 Å². The third-order valence-electron chi connectivity index (χ3n) is 4.36. The molecule has 1 heterocycles. The Labute approximate surface area is 150 Å². The molecule has 1 aliphatic rings. The normalized spacial score (nSPS) is 16.2. The number of amides is 1. The summed E-state index contributed by atoms with van der Waals surface area (Å²) >= 11 is 3.60. The SMILES string of the molecule is CCOc1cc(CC2C(=O)N(C)c3ccccc32)c(Br)cc1OC. The summed E-state index contributed by atoms with van der Waals surface area (Å²) in [5.41, 5.74) is 3.09. The van der Waals surface area contributed by atoms with Gasteiger partial charge in [0.05, 0.1) is 19.6 Å². The van der Waals surface area contributed by atoms with Crippen molar-refractivity contribution < 1.29 is 14.3 Å². The number of halogens is 1. The fourth-order valence-corrected chi connectivity index (χ4v) is 3.64. The van der Waals surface area contributed by atoms with Gasteiger partial charge in [-0.3, -0.25) is 4.79 Å². The van der Waals surface area contributed by atoms with Gasteiger partial charge in [0.25, 0.3) is 0 Å². The summed E-state index contributed by atoms with van der Waals surface area (Å²) in [4.78, 5) is 14.4. The zero-order chi connectivity index (χ0) is 17.3. The molecule has 0 bridgehead atoms. The minimum absolute atomic E-state index is 0.122. The van der Waals surface area contributed by atoms with Gasteiger partial charge in [-0.05, 0) is 42.7 Å². The van der Waals surface area contributed by atoms with Gasteiger partial charge in [-0.25, -0.2) is 0 Å². The van der Waals surface area contributed by atoms with Crippen LogP contribution in [0.25, 0.3) is 0 Å². The first-order valence-corrected chi connectivity index (χ1v) is 8.71. The average Bonchev–Trinajstić information content (AvgIpc) is 2.83. The number of benzene rings is 2. The van der Waals surface area contributed by atoms with Crippen LogP contribution in [0.15, 0.2) is 40.9 Å². The molecular formula is C19H20BrNO3. The molecule has 0 aliphatic carbocycles. The van der Waals surface area contributed by atoms with Gasteiger partial charge in [0.15, 0.2) is 11.5 Å². The lowest BCUT2D eigenvalue weighted by atomic mass is 9.93. The summed E-state index contributed by atoms with van der Waals surface area (Å²) in [5.74, 6) is 1.33. The van der Waals surface area contributed by atoms with Gasteiger partial charge < -0.3 is 14.4 Å². The van der Waals surface area contributed by atoms with Crippen molar-refractivity contribution in [1.29, 1.82) is 0 Å². The summed E-state index contributed by atoms with van der Waals surface area (Å²) in [6.45, 7) is 2.50. The summed E-state index contributed by atoms with van der Waals surface area (Å²) in [7, 11) is 3.45. The maximum atomic E-state index is 12.7. The molecule has 1 amide bonds. The lowest BCUT2D eigenvalue weighted by Gasteiger charge is -2.16. The van der Waals surface area contributed by atoms with Crippen molar-refractivity contribution in [2.75, 3.05) is 25.7 Å². The maximum absolute atomic E-state index is 12.7. The lowest BCUT2D eigenvalue weighted by molar-refractivity contribution is -0.119. The molecule has 2 aromatic carbocycles. The van der Waals surface area contributed by atoms with Crippen LogP contribution < -0.4 is 14.4 Å². The number of hydrogen-bond donors (Lipinski definition) is 0. The van der Waals surface area contributed by atoms with Crippen molar-refractivity contribution >= 4 is 27.5 Å². The Morgan fingerprint density at radius 3 is 2.67 bits per heavy atom. The lowest BCUT2D eigenvalue weighted by Crippen LogP contribution is -2.25. The van der Waals surface area contributed by atoms with Crippen LogP contribution in [0.5, 0.6) is 11.5 Å². The number of carbonyl (C=O) groups excluding carboxylic acids is 1. The standard InChI is InChI=1S/C19H20BrNO3/c1-4-24-18-10-12(15(20)11-17(18)23-3)9-14-13-7-5-6-8-16(13)21(2)19(14)22/h5-8,10-11,14H,4,9H2,1-3H3. The predicted molar refractivity (Wildman–Crippen MR) is 98.2 cm³/mol. The van der Waals surface area contributed by atoms with Gasteiger partial charge in [-0.1, -0.05) is 34.1 Å². The van der Waals surface area contributed by atoms with Gasteiger partial charge in [0.2, 0.25) is 5.91 Å². The van der Waals surface area contributed by atoms with E-state index >= 15 is 0 Å². The molecule has 1 aliphatic heterocycles. The zero-order valence-electron chi connectivity index (χ0n) is 14.0. The number of likely N-dealkylation sites (N-methyl/N-ethyl adjacent to an activating group) is 1. The molecule has 2 aromatic rings. The molecule has 0 aromatic heterocycles. The molecule has 0 spiro atoms. The van der Waals surface area contributed by atoms with Gasteiger partial charge >= 0.3 is 0 Å². The highest BCUT2D eigenvalue weighted by molar-refractivity contribution is 9.10. The first kappa shape index (κ1) is 16.8. The summed E-state index contributed by atoms with van der Waals surface area (Å²) in [5, 5.41) is 0. The van der Waals surface area contributed by atoms with Crippen molar-refractivity contribution in [1.82, 2.24) is 0 Å². The van der Waals surface area contributed by atoms with Crippen LogP contribution in [-0.4, -0.2) is 26.7 Å². The summed E-state index contributed by atoms with van der Waals surface area (Å²) in [6, 6.07) is 11.8. The van der Waals surface area contributed by atoms with Crippen LogP contribution in [0.1, 0.15) is 24.0 Å². The number of anilines is 1. The predicted octanol–water partition coefficient (Wildman–Crippen LogP) is 4.16. The number of hydrogen-bond acceptors (Lipinski definition) is 3. The minimum Gasteiger partial charge on any atom is -0.493 e. The molecule has 0 N–H and O–H groups in total. The fraction of sp³-hybridized carbons (Fsp3) is 0.316. The van der Waals surface area contributed by atoms with E-state index in [0.717, 1.165) is 21.3 Å². The average molecular weight is 390 g/mol. The van der Waals surface area contributed by atoms with Crippen LogP contribution in [-0.2, 0) is 11.2 Å². The van der Waals surface area contributed by atoms with Crippen LogP contribution in [0, 0.1) is 0 Å². The van der Waals surface area contributed by atoms with Crippen molar-refractivity contribution in [3.63, 3.8) is 0 Å². The third kappa shape index (κ3) is 2.88. The van der Waals surface area contributed by atoms with E-state index in [2.05, 4.69) is 15.9 Å². The van der Waals surface area contributed by atoms with Gasteiger partial charge in [0, 0.05) is 17.2 Å². The molecule has 3 rings (SSSR count). The van der Waals surface area contributed by atoms with Crippen molar-refractivity contribution in [2.45, 2.75) is 19.3 Å². The second-order valence-corrected chi connectivity index (χ2v) is 6.59. The van der Waals surface area contributed by atoms with Gasteiger partial charge in [-0.15, -0.1) is 0 Å². The Hall–Kier alpha value is -2.01. The van der Waals surface area contributed by atoms with E-state index in [1.54, 1.807) is 12.0 Å².